The van der Waals surface area contributed by atoms with Gasteiger partial charge in [0.15, 0.2) is 5.82 Å². The number of urea groups is 1. The van der Waals surface area contributed by atoms with Crippen LogP contribution in [0.25, 0.3) is 0 Å². The zero-order valence-corrected chi connectivity index (χ0v) is 13.1. The third-order valence-corrected chi connectivity index (χ3v) is 3.75. The van der Waals surface area contributed by atoms with Gasteiger partial charge in [0, 0.05) is 17.2 Å². The lowest BCUT2D eigenvalue weighted by Gasteiger charge is -2.08. The van der Waals surface area contributed by atoms with E-state index in [0.29, 0.717) is 23.2 Å². The van der Waals surface area contributed by atoms with Crippen molar-refractivity contribution in [1.82, 2.24) is 25.8 Å². The van der Waals surface area contributed by atoms with E-state index >= 15 is 0 Å². The van der Waals surface area contributed by atoms with E-state index in [0.717, 1.165) is 24.1 Å². The maximum atomic E-state index is 11.9. The number of aromatic nitrogens is 3. The highest BCUT2D eigenvalue weighted by atomic mass is 16.5. The molecule has 3 N–H and O–H groups in total. The average Bonchev–Trinajstić information content (AvgIpc) is 3.23. The second kappa shape index (κ2) is 6.23. The van der Waals surface area contributed by atoms with Gasteiger partial charge < -0.3 is 20.1 Å². The lowest BCUT2D eigenvalue weighted by atomic mass is 10.1. The molecule has 2 amide bonds. The predicted octanol–water partition coefficient (Wildman–Crippen LogP) is 1.25. The van der Waals surface area contributed by atoms with Crippen LogP contribution in [0.3, 0.4) is 0 Å². The molecule has 0 radical (unpaired) electrons. The summed E-state index contributed by atoms with van der Waals surface area (Å²) in [4.78, 5) is 30.6. The molecule has 0 atom stereocenters. The van der Waals surface area contributed by atoms with Crippen LogP contribution in [0.4, 0.5) is 4.79 Å². The second-order valence-corrected chi connectivity index (χ2v) is 5.80. The van der Waals surface area contributed by atoms with Gasteiger partial charge in [-0.25, -0.2) is 4.79 Å². The van der Waals surface area contributed by atoms with Crippen LogP contribution in [0.15, 0.2) is 15.4 Å². The van der Waals surface area contributed by atoms with Crippen molar-refractivity contribution in [3.05, 3.63) is 45.0 Å². The fraction of sp³-hybridized carbons (Fsp3) is 0.467. The zero-order valence-electron chi connectivity index (χ0n) is 13.1. The van der Waals surface area contributed by atoms with Crippen molar-refractivity contribution < 1.29 is 9.32 Å². The van der Waals surface area contributed by atoms with Crippen molar-refractivity contribution in [2.45, 2.75) is 45.7 Å². The Balaban J connectivity index is 1.50. The summed E-state index contributed by atoms with van der Waals surface area (Å²) in [7, 11) is 0. The molecule has 2 aromatic heterocycles. The lowest BCUT2D eigenvalue weighted by molar-refractivity contribution is 0.238. The Bertz CT molecular complexity index is 776. The normalized spacial score (nSPS) is 13.8. The molecule has 0 saturated heterocycles. The minimum atomic E-state index is -0.393. The number of aryl methyl sites for hydroxylation is 2. The van der Waals surface area contributed by atoms with E-state index in [-0.39, 0.29) is 18.6 Å². The number of rotatable bonds is 5. The van der Waals surface area contributed by atoms with Crippen molar-refractivity contribution >= 4 is 6.03 Å². The van der Waals surface area contributed by atoms with Crippen molar-refractivity contribution in [3.63, 3.8) is 0 Å². The molecule has 8 nitrogen and oxygen atoms in total. The summed E-state index contributed by atoms with van der Waals surface area (Å²) in [6.07, 6.45) is 2.19. The van der Waals surface area contributed by atoms with Gasteiger partial charge in [-0.05, 0) is 38.3 Å². The first-order valence-electron chi connectivity index (χ1n) is 7.56. The lowest BCUT2D eigenvalue weighted by Crippen LogP contribution is -2.36. The summed E-state index contributed by atoms with van der Waals surface area (Å²) in [6, 6.07) is 1.48. The largest absolute Gasteiger partial charge is 0.337 e. The fourth-order valence-electron chi connectivity index (χ4n) is 2.34. The van der Waals surface area contributed by atoms with Crippen LogP contribution >= 0.6 is 0 Å². The monoisotopic (exact) mass is 317 g/mol. The number of carbonyl (C=O) groups is 1. The topological polar surface area (TPSA) is 113 Å². The molecule has 1 fully saturated rings. The van der Waals surface area contributed by atoms with E-state index in [4.69, 9.17) is 4.52 Å². The van der Waals surface area contributed by atoms with E-state index in [2.05, 4.69) is 25.8 Å². The van der Waals surface area contributed by atoms with Crippen LogP contribution in [0.1, 0.15) is 47.3 Å². The third-order valence-electron chi connectivity index (χ3n) is 3.75. The number of aromatic amines is 1. The number of H-pyrrole nitrogens is 1. The van der Waals surface area contributed by atoms with Crippen LogP contribution in [0.5, 0.6) is 0 Å². The summed E-state index contributed by atoms with van der Waals surface area (Å²) >= 11 is 0. The zero-order chi connectivity index (χ0) is 16.4. The van der Waals surface area contributed by atoms with Crippen molar-refractivity contribution in [3.8, 4) is 0 Å². The van der Waals surface area contributed by atoms with E-state index in [1.165, 1.54) is 0 Å². The average molecular weight is 317 g/mol. The van der Waals surface area contributed by atoms with E-state index < -0.39 is 6.03 Å². The second-order valence-electron chi connectivity index (χ2n) is 5.80. The first-order valence-corrected chi connectivity index (χ1v) is 7.56. The van der Waals surface area contributed by atoms with Crippen molar-refractivity contribution in [2.24, 2.45) is 0 Å². The Kier molecular flexibility index (Phi) is 4.14. The summed E-state index contributed by atoms with van der Waals surface area (Å²) in [5, 5.41) is 9.16. The Morgan fingerprint density at radius 1 is 1.35 bits per heavy atom. The number of carbonyl (C=O) groups excluding carboxylic acids is 1. The van der Waals surface area contributed by atoms with Gasteiger partial charge in [-0.1, -0.05) is 5.16 Å². The van der Waals surface area contributed by atoms with Gasteiger partial charge in [-0.3, -0.25) is 4.79 Å². The molecule has 1 saturated carbocycles. The summed E-state index contributed by atoms with van der Waals surface area (Å²) < 4.78 is 5.07. The Labute approximate surface area is 132 Å². The molecular weight excluding hydrogens is 298 g/mol. The van der Waals surface area contributed by atoms with Gasteiger partial charge in [-0.2, -0.15) is 4.98 Å². The van der Waals surface area contributed by atoms with Gasteiger partial charge in [0.1, 0.15) is 0 Å². The molecule has 0 bridgehead atoms. The first-order chi connectivity index (χ1) is 11.0. The maximum Gasteiger partial charge on any atom is 0.315 e. The maximum absolute atomic E-state index is 11.9. The molecule has 1 aliphatic carbocycles. The summed E-state index contributed by atoms with van der Waals surface area (Å²) in [6.45, 7) is 3.98. The fourth-order valence-corrected chi connectivity index (χ4v) is 2.34. The van der Waals surface area contributed by atoms with E-state index in [1.54, 1.807) is 0 Å². The van der Waals surface area contributed by atoms with Crippen LogP contribution in [-0.2, 0) is 13.1 Å². The van der Waals surface area contributed by atoms with Gasteiger partial charge in [0.25, 0.3) is 5.56 Å². The molecule has 1 aliphatic rings. The van der Waals surface area contributed by atoms with E-state index in [1.807, 2.05) is 19.9 Å². The molecule has 0 aliphatic heterocycles. The quantitative estimate of drug-likeness (QED) is 0.768. The van der Waals surface area contributed by atoms with Crippen LogP contribution in [0, 0.1) is 13.8 Å². The third kappa shape index (κ3) is 3.77. The highest BCUT2D eigenvalue weighted by Gasteiger charge is 2.28. The molecule has 23 heavy (non-hydrogen) atoms. The van der Waals surface area contributed by atoms with Crippen LogP contribution < -0.4 is 16.2 Å². The number of amides is 2. The van der Waals surface area contributed by atoms with Gasteiger partial charge >= 0.3 is 6.03 Å². The summed E-state index contributed by atoms with van der Waals surface area (Å²) in [5.74, 6) is 1.51. The Morgan fingerprint density at radius 3 is 2.78 bits per heavy atom. The number of pyridine rings is 1. The minimum absolute atomic E-state index is 0.157. The molecule has 2 heterocycles. The number of nitrogens with zero attached hydrogens (tertiary/aromatic N) is 2. The summed E-state index contributed by atoms with van der Waals surface area (Å²) in [5.41, 5.74) is 1.99. The molecule has 2 aromatic rings. The van der Waals surface area contributed by atoms with Gasteiger partial charge in [0.05, 0.1) is 13.1 Å². The standard InChI is InChI=1S/C15H19N5O3/c1-8-5-9(2)18-14(21)11(8)6-16-15(22)17-7-12-19-13(20-23-12)10-3-4-10/h5,10H,3-4,6-7H2,1-2H3,(H,18,21)(H2,16,17,22). The Morgan fingerprint density at radius 2 is 2.09 bits per heavy atom. The Hall–Kier alpha value is -2.64. The van der Waals surface area contributed by atoms with Gasteiger partial charge in [-0.15, -0.1) is 0 Å². The molecule has 0 spiro atoms. The predicted molar refractivity (Wildman–Crippen MR) is 81.9 cm³/mol. The van der Waals surface area contributed by atoms with Crippen molar-refractivity contribution in [1.29, 1.82) is 0 Å². The molecular formula is C15H19N5O3. The highest BCUT2D eigenvalue weighted by Crippen LogP contribution is 2.37. The van der Waals surface area contributed by atoms with E-state index in [9.17, 15) is 9.59 Å². The molecule has 0 aromatic carbocycles. The van der Waals surface area contributed by atoms with Crippen LogP contribution in [-0.4, -0.2) is 21.2 Å². The first kappa shape index (κ1) is 15.3. The molecule has 122 valence electrons. The molecule has 3 rings (SSSR count). The molecule has 0 unspecified atom stereocenters. The molecule has 8 heteroatoms. The number of nitrogens with one attached hydrogen (secondary N) is 3. The number of hydrogen-bond acceptors (Lipinski definition) is 5. The number of hydrogen-bond donors (Lipinski definition) is 3. The minimum Gasteiger partial charge on any atom is -0.337 e. The van der Waals surface area contributed by atoms with Gasteiger partial charge in [0.2, 0.25) is 5.89 Å². The van der Waals surface area contributed by atoms with Crippen LogP contribution in [0.2, 0.25) is 0 Å². The smallest absolute Gasteiger partial charge is 0.315 e. The van der Waals surface area contributed by atoms with Crippen molar-refractivity contribution in [2.75, 3.05) is 0 Å². The SMILES string of the molecule is Cc1cc(C)c(CNC(=O)NCc2nc(C3CC3)no2)c(=O)[nH]1. The highest BCUT2D eigenvalue weighted by molar-refractivity contribution is 5.73.